The highest BCUT2D eigenvalue weighted by atomic mass is 16.6. The maximum Gasteiger partial charge on any atom is 0.276 e. The summed E-state index contributed by atoms with van der Waals surface area (Å²) in [5, 5.41) is 13.5. The number of nitro groups is 1. The van der Waals surface area contributed by atoms with E-state index in [-0.39, 0.29) is 17.6 Å². The third kappa shape index (κ3) is 4.51. The molecule has 6 nitrogen and oxygen atoms in total. The van der Waals surface area contributed by atoms with Crippen molar-refractivity contribution in [1.29, 1.82) is 0 Å². The molecule has 0 bridgehead atoms. The van der Waals surface area contributed by atoms with Crippen molar-refractivity contribution in [2.75, 3.05) is 6.54 Å². The lowest BCUT2D eigenvalue weighted by Gasteiger charge is -2.12. The zero-order valence-electron chi connectivity index (χ0n) is 10.7. The summed E-state index contributed by atoms with van der Waals surface area (Å²) < 4.78 is 0. The molecule has 1 rings (SSSR count). The minimum atomic E-state index is -0.480. The van der Waals surface area contributed by atoms with Crippen LogP contribution >= 0.6 is 0 Å². The molecule has 0 aliphatic carbocycles. The van der Waals surface area contributed by atoms with Crippen LogP contribution in [0.3, 0.4) is 0 Å². The Kier molecular flexibility index (Phi) is 5.69. The van der Waals surface area contributed by atoms with E-state index in [4.69, 9.17) is 5.73 Å². The number of nitrogens with two attached hydrogens (primary N) is 1. The molecule has 19 heavy (non-hydrogen) atoms. The van der Waals surface area contributed by atoms with Crippen molar-refractivity contribution in [2.24, 2.45) is 5.73 Å². The minimum absolute atomic E-state index is 0.0302. The molecule has 0 aliphatic heterocycles. The minimum Gasteiger partial charge on any atom is -0.349 e. The molecule has 0 aliphatic rings. The van der Waals surface area contributed by atoms with Crippen LogP contribution in [-0.4, -0.2) is 23.4 Å². The summed E-state index contributed by atoms with van der Waals surface area (Å²) in [4.78, 5) is 21.9. The van der Waals surface area contributed by atoms with Gasteiger partial charge in [-0.25, -0.2) is 0 Å². The molecule has 0 saturated carbocycles. The molecule has 6 heteroatoms. The summed E-state index contributed by atoms with van der Waals surface area (Å²) in [7, 11) is 0. The second-order valence-electron chi connectivity index (χ2n) is 4.00. The molecule has 1 aromatic rings. The molecular weight excluding hydrogens is 246 g/mol. The molecule has 0 fully saturated rings. The Hall–Kier alpha value is -2.21. The number of amides is 1. The summed E-state index contributed by atoms with van der Waals surface area (Å²) in [5.41, 5.74) is 5.84. The summed E-state index contributed by atoms with van der Waals surface area (Å²) in [5.74, 6) is -0.310. The monoisotopic (exact) mass is 263 g/mol. The molecule has 1 aromatic carbocycles. The number of carbonyl (C=O) groups is 1. The highest BCUT2D eigenvalue weighted by Gasteiger charge is 2.10. The molecule has 0 spiro atoms. The highest BCUT2D eigenvalue weighted by molar-refractivity contribution is 5.92. The van der Waals surface area contributed by atoms with Crippen LogP contribution in [0.2, 0.25) is 0 Å². The predicted molar refractivity (Wildman–Crippen MR) is 73.4 cm³/mol. The third-order valence-corrected chi connectivity index (χ3v) is 2.67. The topological polar surface area (TPSA) is 98.3 Å². The van der Waals surface area contributed by atoms with Gasteiger partial charge in [0.2, 0.25) is 5.91 Å². The van der Waals surface area contributed by atoms with Gasteiger partial charge in [-0.1, -0.05) is 19.1 Å². The van der Waals surface area contributed by atoms with Crippen molar-refractivity contribution in [2.45, 2.75) is 19.4 Å². The first-order chi connectivity index (χ1) is 9.08. The van der Waals surface area contributed by atoms with Crippen LogP contribution in [0.15, 0.2) is 30.3 Å². The van der Waals surface area contributed by atoms with Crippen LogP contribution in [0, 0.1) is 10.1 Å². The van der Waals surface area contributed by atoms with Crippen LogP contribution < -0.4 is 11.1 Å². The van der Waals surface area contributed by atoms with Gasteiger partial charge < -0.3 is 11.1 Å². The van der Waals surface area contributed by atoms with Crippen molar-refractivity contribution >= 4 is 17.7 Å². The second kappa shape index (κ2) is 7.27. The fourth-order valence-corrected chi connectivity index (χ4v) is 1.54. The van der Waals surface area contributed by atoms with Crippen molar-refractivity contribution in [1.82, 2.24) is 5.32 Å². The van der Waals surface area contributed by atoms with E-state index in [2.05, 4.69) is 5.32 Å². The van der Waals surface area contributed by atoms with Gasteiger partial charge in [-0.3, -0.25) is 14.9 Å². The summed E-state index contributed by atoms with van der Waals surface area (Å²) >= 11 is 0. The first kappa shape index (κ1) is 14.8. The van der Waals surface area contributed by atoms with Crippen LogP contribution in [0.4, 0.5) is 5.69 Å². The molecule has 1 amide bonds. The summed E-state index contributed by atoms with van der Waals surface area (Å²) in [6, 6.07) is 6.16. The van der Waals surface area contributed by atoms with E-state index < -0.39 is 4.92 Å². The zero-order valence-corrected chi connectivity index (χ0v) is 10.7. The Bertz CT molecular complexity index is 482. The molecule has 1 atom stereocenters. The number of carbonyl (C=O) groups excluding carboxylic acids is 1. The average Bonchev–Trinajstić information content (AvgIpc) is 2.42. The molecule has 1 unspecified atom stereocenters. The molecule has 3 N–H and O–H groups in total. The SMILES string of the molecule is CCC(CN)NC(=O)C=Cc1ccccc1[N+](=O)[O-]. The third-order valence-electron chi connectivity index (χ3n) is 2.67. The lowest BCUT2D eigenvalue weighted by Crippen LogP contribution is -2.38. The van der Waals surface area contributed by atoms with Crippen molar-refractivity contribution in [3.63, 3.8) is 0 Å². The lowest BCUT2D eigenvalue weighted by atomic mass is 10.1. The summed E-state index contributed by atoms with van der Waals surface area (Å²) in [6.45, 7) is 2.28. The van der Waals surface area contributed by atoms with Crippen LogP contribution in [0.1, 0.15) is 18.9 Å². The van der Waals surface area contributed by atoms with Gasteiger partial charge in [0.25, 0.3) is 5.69 Å². The Morgan fingerprint density at radius 3 is 2.79 bits per heavy atom. The number of benzene rings is 1. The number of nitrogens with zero attached hydrogens (tertiary/aromatic N) is 1. The van der Waals surface area contributed by atoms with E-state index in [0.717, 1.165) is 6.42 Å². The molecule has 0 saturated heterocycles. The van der Waals surface area contributed by atoms with E-state index in [0.29, 0.717) is 12.1 Å². The van der Waals surface area contributed by atoms with Crippen molar-refractivity contribution in [3.05, 3.63) is 46.0 Å². The largest absolute Gasteiger partial charge is 0.349 e. The Labute approximate surface area is 111 Å². The summed E-state index contributed by atoms with van der Waals surface area (Å²) in [6.07, 6.45) is 3.44. The zero-order chi connectivity index (χ0) is 14.3. The van der Waals surface area contributed by atoms with Gasteiger partial charge in [0.15, 0.2) is 0 Å². The first-order valence-corrected chi connectivity index (χ1v) is 6.00. The number of para-hydroxylation sites is 1. The number of hydrogen-bond acceptors (Lipinski definition) is 4. The molecule has 102 valence electrons. The second-order valence-corrected chi connectivity index (χ2v) is 4.00. The number of hydrogen-bond donors (Lipinski definition) is 2. The number of rotatable bonds is 6. The maximum atomic E-state index is 11.6. The molecule has 0 aromatic heterocycles. The first-order valence-electron chi connectivity index (χ1n) is 6.00. The number of nitro benzene ring substituents is 1. The van der Waals surface area contributed by atoms with Crippen LogP contribution in [0.5, 0.6) is 0 Å². The quantitative estimate of drug-likeness (QED) is 0.461. The van der Waals surface area contributed by atoms with E-state index in [1.807, 2.05) is 6.92 Å². The van der Waals surface area contributed by atoms with Crippen molar-refractivity contribution < 1.29 is 9.72 Å². The van der Waals surface area contributed by atoms with Gasteiger partial charge in [0, 0.05) is 24.7 Å². The molecular formula is C13H17N3O3. The Morgan fingerprint density at radius 1 is 1.53 bits per heavy atom. The highest BCUT2D eigenvalue weighted by Crippen LogP contribution is 2.18. The van der Waals surface area contributed by atoms with E-state index in [9.17, 15) is 14.9 Å². The fraction of sp³-hybridized carbons (Fsp3) is 0.308. The van der Waals surface area contributed by atoms with Gasteiger partial charge in [0.1, 0.15) is 0 Å². The standard InChI is InChI=1S/C13H17N3O3/c1-2-11(9-14)15-13(17)8-7-10-5-3-4-6-12(10)16(18)19/h3-8,11H,2,9,14H2,1H3,(H,15,17). The van der Waals surface area contributed by atoms with Crippen LogP contribution in [-0.2, 0) is 4.79 Å². The molecule has 0 radical (unpaired) electrons. The van der Waals surface area contributed by atoms with Crippen molar-refractivity contribution in [3.8, 4) is 0 Å². The Balaban J connectivity index is 2.76. The van der Waals surface area contributed by atoms with Gasteiger partial charge >= 0.3 is 0 Å². The maximum absolute atomic E-state index is 11.6. The lowest BCUT2D eigenvalue weighted by molar-refractivity contribution is -0.385. The van der Waals surface area contributed by atoms with Gasteiger partial charge in [-0.05, 0) is 18.6 Å². The van der Waals surface area contributed by atoms with Gasteiger partial charge in [-0.2, -0.15) is 0 Å². The van der Waals surface area contributed by atoms with E-state index >= 15 is 0 Å². The molecule has 0 heterocycles. The average molecular weight is 263 g/mol. The van der Waals surface area contributed by atoms with Gasteiger partial charge in [-0.15, -0.1) is 0 Å². The number of nitrogens with one attached hydrogen (secondary N) is 1. The van der Waals surface area contributed by atoms with Crippen LogP contribution in [0.25, 0.3) is 6.08 Å². The van der Waals surface area contributed by atoms with E-state index in [1.165, 1.54) is 18.2 Å². The normalized spacial score (nSPS) is 12.3. The Morgan fingerprint density at radius 2 is 2.21 bits per heavy atom. The predicted octanol–water partition coefficient (Wildman–Crippen LogP) is 1.46. The van der Waals surface area contributed by atoms with E-state index in [1.54, 1.807) is 18.2 Å². The fourth-order valence-electron chi connectivity index (χ4n) is 1.54. The van der Waals surface area contributed by atoms with Gasteiger partial charge in [0.05, 0.1) is 10.5 Å². The smallest absolute Gasteiger partial charge is 0.276 e.